The average Bonchev–Trinajstić information content (AvgIpc) is 3.17. The second kappa shape index (κ2) is 10.9. The number of carbonyl (C=O) groups is 1. The first-order chi connectivity index (χ1) is 12.7. The van der Waals surface area contributed by atoms with Crippen LogP contribution in [0.25, 0.3) is 6.08 Å². The van der Waals surface area contributed by atoms with E-state index in [2.05, 4.69) is 6.92 Å². The first-order valence-corrected chi connectivity index (χ1v) is 9.66. The molecule has 1 aliphatic heterocycles. The number of ether oxygens (including phenoxy) is 3. The van der Waals surface area contributed by atoms with Crippen molar-refractivity contribution in [3.05, 3.63) is 29.8 Å². The van der Waals surface area contributed by atoms with Gasteiger partial charge in [-0.2, -0.15) is 0 Å². The van der Waals surface area contributed by atoms with E-state index >= 15 is 0 Å². The molecule has 2 rings (SSSR count). The number of amides is 1. The van der Waals surface area contributed by atoms with Crippen LogP contribution in [-0.4, -0.2) is 49.8 Å². The molecular weight excluding hydrogens is 330 g/mol. The molecular formula is C21H31NO4. The van der Waals surface area contributed by atoms with Gasteiger partial charge in [0, 0.05) is 25.8 Å². The summed E-state index contributed by atoms with van der Waals surface area (Å²) in [5, 5.41) is 0. The quantitative estimate of drug-likeness (QED) is 0.593. The first kappa shape index (κ1) is 20.3. The highest BCUT2D eigenvalue weighted by atomic mass is 16.5. The van der Waals surface area contributed by atoms with E-state index in [1.807, 2.05) is 43.0 Å². The molecule has 0 aromatic heterocycles. The van der Waals surface area contributed by atoms with Crippen molar-refractivity contribution < 1.29 is 19.0 Å². The lowest BCUT2D eigenvalue weighted by molar-refractivity contribution is -0.127. The number of rotatable bonds is 10. The fourth-order valence-electron chi connectivity index (χ4n) is 2.91. The molecule has 0 radical (unpaired) electrons. The third-order valence-electron chi connectivity index (χ3n) is 4.29. The van der Waals surface area contributed by atoms with E-state index in [0.717, 1.165) is 37.2 Å². The zero-order chi connectivity index (χ0) is 18.8. The Bertz CT molecular complexity index is 594. The molecule has 1 aliphatic rings. The van der Waals surface area contributed by atoms with Crippen molar-refractivity contribution in [2.75, 3.05) is 32.9 Å². The molecule has 0 bridgehead atoms. The normalized spacial score (nSPS) is 16.8. The summed E-state index contributed by atoms with van der Waals surface area (Å²) in [4.78, 5) is 14.3. The van der Waals surface area contributed by atoms with Crippen LogP contribution in [0.1, 0.15) is 45.6 Å². The van der Waals surface area contributed by atoms with Crippen molar-refractivity contribution in [1.82, 2.24) is 4.90 Å². The van der Waals surface area contributed by atoms with Crippen LogP contribution in [0, 0.1) is 0 Å². The molecule has 1 aromatic rings. The van der Waals surface area contributed by atoms with Gasteiger partial charge in [-0.25, -0.2) is 0 Å². The minimum Gasteiger partial charge on any atom is -0.490 e. The molecule has 1 saturated heterocycles. The highest BCUT2D eigenvalue weighted by Gasteiger charge is 2.20. The van der Waals surface area contributed by atoms with Crippen molar-refractivity contribution in [2.24, 2.45) is 0 Å². The Balaban J connectivity index is 2.02. The second-order valence-corrected chi connectivity index (χ2v) is 6.33. The van der Waals surface area contributed by atoms with E-state index in [-0.39, 0.29) is 12.0 Å². The van der Waals surface area contributed by atoms with Gasteiger partial charge in [0.25, 0.3) is 0 Å². The Kier molecular flexibility index (Phi) is 8.48. The molecule has 5 nitrogen and oxygen atoms in total. The Hall–Kier alpha value is -2.01. The minimum absolute atomic E-state index is 0.00673. The van der Waals surface area contributed by atoms with Gasteiger partial charge in [0.2, 0.25) is 5.91 Å². The molecule has 144 valence electrons. The maximum Gasteiger partial charge on any atom is 0.246 e. The van der Waals surface area contributed by atoms with Crippen LogP contribution < -0.4 is 9.47 Å². The van der Waals surface area contributed by atoms with Gasteiger partial charge in [0.1, 0.15) is 0 Å². The van der Waals surface area contributed by atoms with E-state index in [4.69, 9.17) is 14.2 Å². The standard InChI is InChI=1S/C21H31NO4/c1-4-13-26-19-11-9-17(15-20(19)24-6-3)10-12-21(23)22(5-2)16-18-8-7-14-25-18/h9-12,15,18H,4-8,13-14,16H2,1-3H3/b12-10+. The van der Waals surface area contributed by atoms with E-state index < -0.39 is 0 Å². The van der Waals surface area contributed by atoms with E-state index in [0.29, 0.717) is 32.1 Å². The van der Waals surface area contributed by atoms with E-state index in [1.54, 1.807) is 6.08 Å². The molecule has 1 fully saturated rings. The number of hydrogen-bond acceptors (Lipinski definition) is 4. The summed E-state index contributed by atoms with van der Waals surface area (Å²) in [6, 6.07) is 5.75. The molecule has 1 amide bonds. The number of nitrogens with zero attached hydrogens (tertiary/aromatic N) is 1. The smallest absolute Gasteiger partial charge is 0.246 e. The lowest BCUT2D eigenvalue weighted by Crippen LogP contribution is -2.36. The Morgan fingerprint density at radius 1 is 1.27 bits per heavy atom. The monoisotopic (exact) mass is 361 g/mol. The van der Waals surface area contributed by atoms with E-state index in [1.165, 1.54) is 0 Å². The van der Waals surface area contributed by atoms with Crippen LogP contribution in [0.3, 0.4) is 0 Å². The molecule has 1 atom stereocenters. The van der Waals surface area contributed by atoms with Crippen molar-refractivity contribution in [2.45, 2.75) is 46.1 Å². The van der Waals surface area contributed by atoms with Crippen molar-refractivity contribution >= 4 is 12.0 Å². The number of hydrogen-bond donors (Lipinski definition) is 0. The molecule has 1 heterocycles. The SMILES string of the molecule is CCCOc1ccc(/C=C/C(=O)N(CC)CC2CCCO2)cc1OCC. The summed E-state index contributed by atoms with van der Waals surface area (Å²) in [6.45, 7) is 9.37. The van der Waals surface area contributed by atoms with Gasteiger partial charge in [0.15, 0.2) is 11.5 Å². The summed E-state index contributed by atoms with van der Waals surface area (Å²) in [7, 11) is 0. The van der Waals surface area contributed by atoms with Crippen molar-refractivity contribution in [3.8, 4) is 11.5 Å². The maximum absolute atomic E-state index is 12.5. The number of likely N-dealkylation sites (N-methyl/N-ethyl adjacent to an activating group) is 1. The van der Waals surface area contributed by atoms with Crippen molar-refractivity contribution in [3.63, 3.8) is 0 Å². The third-order valence-corrected chi connectivity index (χ3v) is 4.29. The minimum atomic E-state index is 0.00673. The summed E-state index contributed by atoms with van der Waals surface area (Å²) in [6.07, 6.45) is 6.68. The van der Waals surface area contributed by atoms with Gasteiger partial charge in [-0.3, -0.25) is 4.79 Å². The predicted octanol–water partition coefficient (Wildman–Crippen LogP) is 3.91. The van der Waals surface area contributed by atoms with Crippen molar-refractivity contribution in [1.29, 1.82) is 0 Å². The van der Waals surface area contributed by atoms with Gasteiger partial charge in [-0.15, -0.1) is 0 Å². The van der Waals surface area contributed by atoms with E-state index in [9.17, 15) is 4.79 Å². The second-order valence-electron chi connectivity index (χ2n) is 6.33. The summed E-state index contributed by atoms with van der Waals surface area (Å²) >= 11 is 0. The molecule has 1 aromatic carbocycles. The van der Waals surface area contributed by atoms with Crippen LogP contribution in [0.4, 0.5) is 0 Å². The summed E-state index contributed by atoms with van der Waals surface area (Å²) in [5.74, 6) is 1.46. The fourth-order valence-corrected chi connectivity index (χ4v) is 2.91. The predicted molar refractivity (Wildman–Crippen MR) is 104 cm³/mol. The maximum atomic E-state index is 12.5. The number of benzene rings is 1. The Morgan fingerprint density at radius 3 is 2.77 bits per heavy atom. The van der Waals surface area contributed by atoms with Crippen LogP contribution in [-0.2, 0) is 9.53 Å². The summed E-state index contributed by atoms with van der Waals surface area (Å²) in [5.41, 5.74) is 0.916. The number of carbonyl (C=O) groups excluding carboxylic acids is 1. The van der Waals surface area contributed by atoms with Crippen LogP contribution in [0.5, 0.6) is 11.5 Å². The average molecular weight is 361 g/mol. The Morgan fingerprint density at radius 2 is 2.12 bits per heavy atom. The molecule has 0 N–H and O–H groups in total. The summed E-state index contributed by atoms with van der Waals surface area (Å²) < 4.78 is 17.0. The first-order valence-electron chi connectivity index (χ1n) is 9.66. The molecule has 26 heavy (non-hydrogen) atoms. The largest absolute Gasteiger partial charge is 0.490 e. The van der Waals surface area contributed by atoms with Crippen LogP contribution in [0.15, 0.2) is 24.3 Å². The van der Waals surface area contributed by atoms with Crippen LogP contribution >= 0.6 is 0 Å². The topological polar surface area (TPSA) is 48.0 Å². The Labute approximate surface area is 156 Å². The zero-order valence-corrected chi connectivity index (χ0v) is 16.2. The fraction of sp³-hybridized carbons (Fsp3) is 0.571. The van der Waals surface area contributed by atoms with Gasteiger partial charge < -0.3 is 19.1 Å². The third kappa shape index (κ3) is 6.06. The molecule has 0 aliphatic carbocycles. The lowest BCUT2D eigenvalue weighted by atomic mass is 10.1. The van der Waals surface area contributed by atoms with Gasteiger partial charge in [0.05, 0.1) is 19.3 Å². The zero-order valence-electron chi connectivity index (χ0n) is 16.2. The lowest BCUT2D eigenvalue weighted by Gasteiger charge is -2.22. The molecule has 1 unspecified atom stereocenters. The molecule has 0 spiro atoms. The van der Waals surface area contributed by atoms with Gasteiger partial charge >= 0.3 is 0 Å². The van der Waals surface area contributed by atoms with Gasteiger partial charge in [-0.05, 0) is 56.9 Å². The van der Waals surface area contributed by atoms with Crippen LogP contribution in [0.2, 0.25) is 0 Å². The highest BCUT2D eigenvalue weighted by Crippen LogP contribution is 2.29. The van der Waals surface area contributed by atoms with Gasteiger partial charge in [-0.1, -0.05) is 13.0 Å². The highest BCUT2D eigenvalue weighted by molar-refractivity contribution is 5.91. The molecule has 0 saturated carbocycles. The molecule has 5 heteroatoms.